The minimum absolute atomic E-state index is 0. The van der Waals surface area contributed by atoms with Gasteiger partial charge in [0.2, 0.25) is 5.91 Å². The number of amides is 1. The Labute approximate surface area is 152 Å². The molecule has 1 aromatic rings. The molecule has 1 amide bonds. The normalized spacial score (nSPS) is 21.4. The predicted octanol–water partition coefficient (Wildman–Crippen LogP) is 3.53. The summed E-state index contributed by atoms with van der Waals surface area (Å²) in [5.41, 5.74) is 1.66. The molecule has 1 unspecified atom stereocenters. The average molecular weight is 351 g/mol. The number of nitrogens with zero attached hydrogens (tertiary/aromatic N) is 1. The highest BCUT2D eigenvalue weighted by Gasteiger charge is 2.58. The van der Waals surface area contributed by atoms with Crippen LogP contribution in [0.15, 0.2) is 30.3 Å². The summed E-state index contributed by atoms with van der Waals surface area (Å²) >= 11 is 0. The average Bonchev–Trinajstić information content (AvgIpc) is 3.25. The first-order valence-electron chi connectivity index (χ1n) is 9.14. The van der Waals surface area contributed by atoms with Gasteiger partial charge < -0.3 is 10.2 Å². The zero-order valence-corrected chi connectivity index (χ0v) is 15.8. The number of benzene rings is 1. The fraction of sp³-hybridized carbons (Fsp3) is 0.650. The largest absolute Gasteiger partial charge is 0.342 e. The van der Waals surface area contributed by atoms with Gasteiger partial charge in [0, 0.05) is 19.0 Å². The number of nitrogens with one attached hydrogen (secondary N) is 1. The lowest BCUT2D eigenvalue weighted by molar-refractivity contribution is -0.134. The smallest absolute Gasteiger partial charge is 0.226 e. The van der Waals surface area contributed by atoms with Gasteiger partial charge in [0.1, 0.15) is 0 Å². The fourth-order valence-corrected chi connectivity index (χ4v) is 4.04. The molecule has 1 N–H and O–H groups in total. The van der Waals surface area contributed by atoms with Crippen molar-refractivity contribution in [1.82, 2.24) is 10.2 Å². The molecular weight excluding hydrogens is 320 g/mol. The summed E-state index contributed by atoms with van der Waals surface area (Å²) in [5, 5.41) is 3.42. The number of carbonyl (C=O) groups is 1. The van der Waals surface area contributed by atoms with E-state index in [2.05, 4.69) is 48.3 Å². The van der Waals surface area contributed by atoms with Crippen LogP contribution >= 0.6 is 12.4 Å². The van der Waals surface area contributed by atoms with Crippen molar-refractivity contribution in [3.8, 4) is 0 Å². The molecule has 1 saturated carbocycles. The lowest BCUT2D eigenvalue weighted by atomic mass is 9.91. The Hall–Kier alpha value is -1.06. The zero-order chi connectivity index (χ0) is 16.3. The van der Waals surface area contributed by atoms with Crippen LogP contribution in [-0.4, -0.2) is 37.0 Å². The molecular formula is C20H31ClN2O. The molecule has 3 rings (SSSR count). The molecule has 0 radical (unpaired) electrons. The summed E-state index contributed by atoms with van der Waals surface area (Å²) in [5.74, 6) is 1.23. The van der Waals surface area contributed by atoms with E-state index >= 15 is 0 Å². The van der Waals surface area contributed by atoms with Crippen molar-refractivity contribution < 1.29 is 4.79 Å². The van der Waals surface area contributed by atoms with Crippen molar-refractivity contribution in [2.24, 2.45) is 17.3 Å². The van der Waals surface area contributed by atoms with Crippen molar-refractivity contribution in [1.29, 1.82) is 0 Å². The van der Waals surface area contributed by atoms with Gasteiger partial charge in [0.15, 0.2) is 0 Å². The van der Waals surface area contributed by atoms with Gasteiger partial charge >= 0.3 is 0 Å². The van der Waals surface area contributed by atoms with Crippen LogP contribution in [0.5, 0.6) is 0 Å². The number of hydrogen-bond donors (Lipinski definition) is 1. The second-order valence-corrected chi connectivity index (χ2v) is 7.78. The highest BCUT2D eigenvalue weighted by molar-refractivity contribution is 5.85. The monoisotopic (exact) mass is 350 g/mol. The first kappa shape index (κ1) is 19.3. The van der Waals surface area contributed by atoms with Gasteiger partial charge in [-0.2, -0.15) is 0 Å². The van der Waals surface area contributed by atoms with Crippen LogP contribution in [0.4, 0.5) is 0 Å². The van der Waals surface area contributed by atoms with E-state index in [4.69, 9.17) is 0 Å². The third kappa shape index (κ3) is 4.52. The fourth-order valence-electron chi connectivity index (χ4n) is 4.04. The lowest BCUT2D eigenvalue weighted by Crippen LogP contribution is -2.39. The third-order valence-corrected chi connectivity index (χ3v) is 5.50. The summed E-state index contributed by atoms with van der Waals surface area (Å²) in [7, 11) is 0. The van der Waals surface area contributed by atoms with Gasteiger partial charge in [-0.15, -0.1) is 12.4 Å². The van der Waals surface area contributed by atoms with Crippen LogP contribution in [0.3, 0.4) is 0 Å². The Morgan fingerprint density at radius 1 is 1.25 bits per heavy atom. The number of rotatable bonds is 6. The second kappa shape index (κ2) is 8.35. The lowest BCUT2D eigenvalue weighted by Gasteiger charge is -2.28. The molecule has 1 aliphatic carbocycles. The summed E-state index contributed by atoms with van der Waals surface area (Å²) in [6, 6.07) is 10.5. The number of piperidine rings is 1. The Balaban J connectivity index is 0.00000208. The van der Waals surface area contributed by atoms with E-state index in [9.17, 15) is 4.79 Å². The van der Waals surface area contributed by atoms with E-state index in [1.807, 2.05) is 6.07 Å². The maximum Gasteiger partial charge on any atom is 0.226 e. The number of carbonyl (C=O) groups excluding carboxylic acids is 1. The Morgan fingerprint density at radius 3 is 2.54 bits per heavy atom. The minimum Gasteiger partial charge on any atom is -0.342 e. The van der Waals surface area contributed by atoms with Gasteiger partial charge in [-0.25, -0.2) is 0 Å². The summed E-state index contributed by atoms with van der Waals surface area (Å²) < 4.78 is 0. The minimum atomic E-state index is 0. The highest BCUT2D eigenvalue weighted by Crippen LogP contribution is 2.59. The van der Waals surface area contributed by atoms with Gasteiger partial charge in [-0.05, 0) is 55.7 Å². The third-order valence-electron chi connectivity index (χ3n) is 5.50. The van der Waals surface area contributed by atoms with Crippen LogP contribution in [0.1, 0.15) is 38.7 Å². The molecule has 1 aromatic carbocycles. The van der Waals surface area contributed by atoms with Crippen LogP contribution in [-0.2, 0) is 11.2 Å². The Bertz CT molecular complexity index is 526. The molecule has 1 atom stereocenters. The van der Waals surface area contributed by atoms with Crippen molar-refractivity contribution in [2.75, 3.05) is 26.2 Å². The molecule has 1 heterocycles. The molecule has 1 saturated heterocycles. The van der Waals surface area contributed by atoms with E-state index in [0.717, 1.165) is 39.0 Å². The van der Waals surface area contributed by atoms with Crippen LogP contribution in [0.2, 0.25) is 0 Å². The van der Waals surface area contributed by atoms with E-state index in [0.29, 0.717) is 23.2 Å². The van der Waals surface area contributed by atoms with E-state index in [-0.39, 0.29) is 12.4 Å². The molecule has 24 heavy (non-hydrogen) atoms. The van der Waals surface area contributed by atoms with Crippen LogP contribution in [0, 0.1) is 17.3 Å². The molecule has 2 aliphatic rings. The number of hydrogen-bond acceptors (Lipinski definition) is 2. The summed E-state index contributed by atoms with van der Waals surface area (Å²) in [6.45, 7) is 8.31. The van der Waals surface area contributed by atoms with Crippen molar-refractivity contribution in [2.45, 2.75) is 39.5 Å². The predicted molar refractivity (Wildman–Crippen MR) is 101 cm³/mol. The second-order valence-electron chi connectivity index (χ2n) is 7.78. The molecule has 0 aromatic heterocycles. The molecule has 134 valence electrons. The van der Waals surface area contributed by atoms with Crippen LogP contribution in [0.25, 0.3) is 0 Å². The first-order valence-corrected chi connectivity index (χ1v) is 9.14. The Morgan fingerprint density at radius 2 is 1.92 bits per heavy atom. The molecule has 4 heteroatoms. The maximum absolute atomic E-state index is 13.0. The summed E-state index contributed by atoms with van der Waals surface area (Å²) in [4.78, 5) is 15.2. The highest BCUT2D eigenvalue weighted by atomic mass is 35.5. The first-order chi connectivity index (χ1) is 11.1. The number of halogens is 1. The molecule has 1 spiro atoms. The van der Waals surface area contributed by atoms with Gasteiger partial charge in [0.25, 0.3) is 0 Å². The standard InChI is InChI=1S/C20H30N2O.ClH/c1-16(2)15-22(13-8-17-6-4-3-5-7-17)19(23)18-14-20(18)9-11-21-12-10-20;/h3-7,16,18,21H,8-15H2,1-2H3;1H. The molecule has 0 bridgehead atoms. The molecule has 1 aliphatic heterocycles. The van der Waals surface area contributed by atoms with E-state index in [1.165, 1.54) is 18.4 Å². The van der Waals surface area contributed by atoms with Crippen LogP contribution < -0.4 is 5.32 Å². The molecule has 2 fully saturated rings. The SMILES string of the molecule is CC(C)CN(CCc1ccccc1)C(=O)C1CC12CCNCC2.Cl. The van der Waals surface area contributed by atoms with Crippen molar-refractivity contribution in [3.63, 3.8) is 0 Å². The van der Waals surface area contributed by atoms with E-state index < -0.39 is 0 Å². The zero-order valence-electron chi connectivity index (χ0n) is 15.0. The van der Waals surface area contributed by atoms with E-state index in [1.54, 1.807) is 0 Å². The topological polar surface area (TPSA) is 32.3 Å². The summed E-state index contributed by atoms with van der Waals surface area (Å²) in [6.07, 6.45) is 4.43. The Kier molecular flexibility index (Phi) is 6.70. The molecule has 3 nitrogen and oxygen atoms in total. The van der Waals surface area contributed by atoms with Gasteiger partial charge in [0.05, 0.1) is 0 Å². The maximum atomic E-state index is 13.0. The van der Waals surface area contributed by atoms with Crippen molar-refractivity contribution in [3.05, 3.63) is 35.9 Å². The van der Waals surface area contributed by atoms with Gasteiger partial charge in [-0.1, -0.05) is 44.2 Å². The van der Waals surface area contributed by atoms with Gasteiger partial charge in [-0.3, -0.25) is 4.79 Å². The van der Waals surface area contributed by atoms with Crippen molar-refractivity contribution >= 4 is 18.3 Å². The quantitative estimate of drug-likeness (QED) is 0.851.